The number of carbonyl (C=O) groups is 2. The fraction of sp³-hybridized carbons (Fsp3) is 0.818. The van der Waals surface area contributed by atoms with Crippen molar-refractivity contribution in [1.82, 2.24) is 4.31 Å². The van der Waals surface area contributed by atoms with E-state index in [2.05, 4.69) is 4.74 Å². The maximum Gasteiger partial charge on any atom is 0.322 e. The first-order valence-corrected chi connectivity index (χ1v) is 7.87. The Morgan fingerprint density at radius 2 is 2.05 bits per heavy atom. The molecule has 0 spiro atoms. The van der Waals surface area contributed by atoms with Crippen LogP contribution in [0.2, 0.25) is 0 Å². The number of sulfonamides is 1. The van der Waals surface area contributed by atoms with Crippen molar-refractivity contribution >= 4 is 22.0 Å². The van der Waals surface area contributed by atoms with E-state index < -0.39 is 33.8 Å². The number of rotatable bonds is 6. The summed E-state index contributed by atoms with van der Waals surface area (Å²) in [6.07, 6.45) is 1.40. The van der Waals surface area contributed by atoms with Gasteiger partial charge in [0.15, 0.2) is 0 Å². The van der Waals surface area contributed by atoms with Crippen molar-refractivity contribution in [3.05, 3.63) is 0 Å². The first-order valence-electron chi connectivity index (χ1n) is 6.26. The second-order valence-electron chi connectivity index (χ2n) is 4.33. The Kier molecular flexibility index (Phi) is 5.74. The minimum Gasteiger partial charge on any atom is -0.480 e. The highest BCUT2D eigenvalue weighted by atomic mass is 32.2. The molecule has 1 aliphatic heterocycles. The van der Waals surface area contributed by atoms with Gasteiger partial charge in [0.05, 0.1) is 18.8 Å². The lowest BCUT2D eigenvalue weighted by atomic mass is 10.1. The quantitative estimate of drug-likeness (QED) is 0.702. The summed E-state index contributed by atoms with van der Waals surface area (Å²) < 4.78 is 29.8. The lowest BCUT2D eigenvalue weighted by Crippen LogP contribution is -2.48. The number of nitrogens with zero attached hydrogens (tertiary/aromatic N) is 1. The fourth-order valence-corrected chi connectivity index (χ4v) is 3.70. The van der Waals surface area contributed by atoms with E-state index in [4.69, 9.17) is 5.11 Å². The predicted octanol–water partition coefficient (Wildman–Crippen LogP) is 0.208. The van der Waals surface area contributed by atoms with Crippen LogP contribution in [0.3, 0.4) is 0 Å². The van der Waals surface area contributed by atoms with E-state index >= 15 is 0 Å². The molecule has 0 aromatic rings. The SMILES string of the molecule is CCOC(=O)CCS(=O)(=O)N1CCCC[C@@H]1C(=O)O. The fourth-order valence-electron chi connectivity index (χ4n) is 2.05. The van der Waals surface area contributed by atoms with Crippen LogP contribution in [-0.2, 0) is 24.3 Å². The Hall–Kier alpha value is -1.15. The molecule has 1 heterocycles. The molecule has 7 nitrogen and oxygen atoms in total. The minimum atomic E-state index is -3.74. The average molecular weight is 293 g/mol. The van der Waals surface area contributed by atoms with Gasteiger partial charge in [-0.25, -0.2) is 8.42 Å². The van der Waals surface area contributed by atoms with Crippen molar-refractivity contribution < 1.29 is 27.9 Å². The van der Waals surface area contributed by atoms with Crippen LogP contribution in [-0.4, -0.2) is 54.7 Å². The summed E-state index contributed by atoms with van der Waals surface area (Å²) in [7, 11) is -3.74. The molecule has 0 aromatic heterocycles. The van der Waals surface area contributed by atoms with Gasteiger partial charge in [-0.05, 0) is 26.2 Å². The summed E-state index contributed by atoms with van der Waals surface area (Å²) in [5.41, 5.74) is 0. The molecule has 1 aliphatic rings. The number of carboxylic acids is 1. The highest BCUT2D eigenvalue weighted by Crippen LogP contribution is 2.21. The molecule has 0 aliphatic carbocycles. The maximum atomic E-state index is 12.1. The first kappa shape index (κ1) is 15.9. The van der Waals surface area contributed by atoms with Crippen LogP contribution in [0.5, 0.6) is 0 Å². The van der Waals surface area contributed by atoms with Crippen LogP contribution in [0, 0.1) is 0 Å². The largest absolute Gasteiger partial charge is 0.480 e. The number of hydrogen-bond donors (Lipinski definition) is 1. The lowest BCUT2D eigenvalue weighted by Gasteiger charge is -2.31. The van der Waals surface area contributed by atoms with E-state index in [0.29, 0.717) is 19.3 Å². The highest BCUT2D eigenvalue weighted by molar-refractivity contribution is 7.89. The van der Waals surface area contributed by atoms with Crippen LogP contribution in [0.4, 0.5) is 0 Å². The molecule has 1 N–H and O–H groups in total. The van der Waals surface area contributed by atoms with Gasteiger partial charge in [-0.2, -0.15) is 4.31 Å². The summed E-state index contributed by atoms with van der Waals surface area (Å²) in [5.74, 6) is -2.13. The number of carbonyl (C=O) groups excluding carboxylic acids is 1. The van der Waals surface area contributed by atoms with Crippen LogP contribution in [0.1, 0.15) is 32.6 Å². The van der Waals surface area contributed by atoms with Crippen molar-refractivity contribution in [2.45, 2.75) is 38.6 Å². The van der Waals surface area contributed by atoms with Gasteiger partial charge >= 0.3 is 11.9 Å². The first-order chi connectivity index (χ1) is 8.88. The number of hydrogen-bond acceptors (Lipinski definition) is 5. The molecule has 0 aromatic carbocycles. The molecule has 110 valence electrons. The van der Waals surface area contributed by atoms with Gasteiger partial charge in [-0.1, -0.05) is 0 Å². The molecule has 19 heavy (non-hydrogen) atoms. The third kappa shape index (κ3) is 4.46. The van der Waals surface area contributed by atoms with E-state index in [1.807, 2.05) is 0 Å². The van der Waals surface area contributed by atoms with Gasteiger partial charge in [0.25, 0.3) is 0 Å². The van der Waals surface area contributed by atoms with E-state index in [9.17, 15) is 18.0 Å². The standard InChI is InChI=1S/C11H19NO6S/c1-2-18-10(13)6-8-19(16,17)12-7-4-3-5-9(12)11(14)15/h9H,2-8H2,1H3,(H,14,15)/t9-/m1/s1. The zero-order valence-corrected chi connectivity index (χ0v) is 11.7. The van der Waals surface area contributed by atoms with Crippen molar-refractivity contribution in [3.63, 3.8) is 0 Å². The smallest absolute Gasteiger partial charge is 0.322 e. The molecule has 8 heteroatoms. The number of esters is 1. The van der Waals surface area contributed by atoms with Gasteiger partial charge in [0, 0.05) is 6.54 Å². The van der Waals surface area contributed by atoms with E-state index in [1.54, 1.807) is 6.92 Å². The van der Waals surface area contributed by atoms with Crippen molar-refractivity contribution in [2.75, 3.05) is 18.9 Å². The van der Waals surface area contributed by atoms with E-state index in [0.717, 1.165) is 4.31 Å². The third-order valence-electron chi connectivity index (χ3n) is 2.97. The lowest BCUT2D eigenvalue weighted by molar-refractivity contribution is -0.143. The number of ether oxygens (including phenoxy) is 1. The topological polar surface area (TPSA) is 101 Å². The molecule has 1 atom stereocenters. The van der Waals surface area contributed by atoms with Gasteiger partial charge in [0.1, 0.15) is 6.04 Å². The zero-order chi connectivity index (χ0) is 14.5. The summed E-state index contributed by atoms with van der Waals surface area (Å²) in [6, 6.07) is -1.01. The summed E-state index contributed by atoms with van der Waals surface area (Å²) in [6.45, 7) is 2.03. The monoisotopic (exact) mass is 293 g/mol. The molecule has 1 rings (SSSR count). The van der Waals surface area contributed by atoms with Crippen LogP contribution >= 0.6 is 0 Å². The summed E-state index contributed by atoms with van der Waals surface area (Å²) >= 11 is 0. The Labute approximate surface area is 112 Å². The van der Waals surface area contributed by atoms with Gasteiger partial charge in [-0.3, -0.25) is 9.59 Å². The van der Waals surface area contributed by atoms with Crippen LogP contribution in [0.15, 0.2) is 0 Å². The van der Waals surface area contributed by atoms with Crippen LogP contribution in [0.25, 0.3) is 0 Å². The van der Waals surface area contributed by atoms with Gasteiger partial charge in [0.2, 0.25) is 10.0 Å². The zero-order valence-electron chi connectivity index (χ0n) is 10.9. The van der Waals surface area contributed by atoms with Gasteiger partial charge in [-0.15, -0.1) is 0 Å². The van der Waals surface area contributed by atoms with Crippen molar-refractivity contribution in [1.29, 1.82) is 0 Å². The highest BCUT2D eigenvalue weighted by Gasteiger charge is 2.36. The second-order valence-corrected chi connectivity index (χ2v) is 6.37. The van der Waals surface area contributed by atoms with E-state index in [1.165, 1.54) is 0 Å². The molecule has 0 unspecified atom stereocenters. The third-order valence-corrected chi connectivity index (χ3v) is 4.84. The van der Waals surface area contributed by atoms with Crippen molar-refractivity contribution in [2.24, 2.45) is 0 Å². The molecule has 0 bridgehead atoms. The molecule has 1 fully saturated rings. The number of piperidine rings is 1. The molecule has 0 radical (unpaired) electrons. The molecule has 0 saturated carbocycles. The number of aliphatic carboxylic acids is 1. The minimum absolute atomic E-state index is 0.195. The Morgan fingerprint density at radius 1 is 1.37 bits per heavy atom. The summed E-state index contributed by atoms with van der Waals surface area (Å²) in [4.78, 5) is 22.2. The average Bonchev–Trinajstić information content (AvgIpc) is 2.37. The molecular formula is C11H19NO6S. The number of carboxylic acid groups (broad SMARTS) is 1. The van der Waals surface area contributed by atoms with Crippen molar-refractivity contribution in [3.8, 4) is 0 Å². The Balaban J connectivity index is 2.69. The molecule has 0 amide bonds. The predicted molar refractivity (Wildman–Crippen MR) is 67.0 cm³/mol. The van der Waals surface area contributed by atoms with Gasteiger partial charge < -0.3 is 9.84 Å². The maximum absolute atomic E-state index is 12.1. The van der Waals surface area contributed by atoms with Crippen LogP contribution < -0.4 is 0 Å². The normalized spacial score (nSPS) is 21.0. The van der Waals surface area contributed by atoms with E-state index in [-0.39, 0.29) is 19.6 Å². The Morgan fingerprint density at radius 3 is 2.63 bits per heavy atom. The summed E-state index contributed by atoms with van der Waals surface area (Å²) in [5, 5.41) is 9.04. The molecular weight excluding hydrogens is 274 g/mol. The Bertz CT molecular complexity index is 432. The second kappa shape index (κ2) is 6.85. The molecule has 1 saturated heterocycles.